The smallest absolute Gasteiger partial charge is 0.120 e. The maximum atomic E-state index is 10.3. The fraction of sp³-hybridized carbons (Fsp3) is 0.571. The number of hydrogen-bond acceptors (Lipinski definition) is 4. The average Bonchev–Trinajstić information content (AvgIpc) is 2.91. The molecule has 0 aliphatic carbocycles. The van der Waals surface area contributed by atoms with Gasteiger partial charge in [-0.25, -0.2) is 0 Å². The lowest BCUT2D eigenvalue weighted by atomic mass is 9.83. The number of piperidine rings is 1. The molecule has 0 N–H and O–H groups in total. The number of piperazine rings is 1. The van der Waals surface area contributed by atoms with Gasteiger partial charge in [0, 0.05) is 63.3 Å². The third-order valence-corrected chi connectivity index (χ3v) is 8.28. The predicted molar refractivity (Wildman–Crippen MR) is 169 cm³/mol. The van der Waals surface area contributed by atoms with Crippen LogP contribution in [0.4, 0.5) is 0 Å². The molecule has 39 heavy (non-hydrogen) atoms. The van der Waals surface area contributed by atoms with Gasteiger partial charge in [0.1, 0.15) is 6.29 Å². The van der Waals surface area contributed by atoms with Gasteiger partial charge in [0.25, 0.3) is 0 Å². The second-order valence-electron chi connectivity index (χ2n) is 12.5. The van der Waals surface area contributed by atoms with Crippen molar-refractivity contribution < 1.29 is 4.79 Å². The number of benzene rings is 1. The van der Waals surface area contributed by atoms with Crippen LogP contribution in [0.2, 0.25) is 0 Å². The number of rotatable bonds is 9. The zero-order chi connectivity index (χ0) is 28.8. The van der Waals surface area contributed by atoms with E-state index in [4.69, 9.17) is 0 Å². The van der Waals surface area contributed by atoms with Crippen molar-refractivity contribution in [3.05, 3.63) is 84.1 Å². The minimum atomic E-state index is 0.301. The monoisotopic (exact) mass is 533 g/mol. The quantitative estimate of drug-likeness (QED) is 0.245. The van der Waals surface area contributed by atoms with Crippen LogP contribution in [0.5, 0.6) is 0 Å². The van der Waals surface area contributed by atoms with Crippen molar-refractivity contribution in [3.8, 4) is 0 Å². The molecule has 0 bridgehead atoms. The Morgan fingerprint density at radius 2 is 1.69 bits per heavy atom. The van der Waals surface area contributed by atoms with Crippen LogP contribution in [0, 0.1) is 11.3 Å². The molecule has 2 unspecified atom stereocenters. The molecular weight excluding hydrogens is 478 g/mol. The van der Waals surface area contributed by atoms with Crippen LogP contribution in [-0.2, 0) is 4.79 Å². The Kier molecular flexibility index (Phi) is 14.0. The first kappa shape index (κ1) is 32.8. The topological polar surface area (TPSA) is 26.8 Å². The van der Waals surface area contributed by atoms with E-state index in [1.54, 1.807) is 0 Å². The molecule has 4 heteroatoms. The molecular formula is C35H55N3O. The van der Waals surface area contributed by atoms with E-state index in [-0.39, 0.29) is 0 Å². The van der Waals surface area contributed by atoms with E-state index in [1.807, 2.05) is 13.8 Å². The summed E-state index contributed by atoms with van der Waals surface area (Å²) in [6.07, 6.45) is 14.8. The number of nitrogens with zero attached hydrogens (tertiary/aromatic N) is 3. The summed E-state index contributed by atoms with van der Waals surface area (Å²) in [7, 11) is 2.28. The molecule has 0 amide bonds. The van der Waals surface area contributed by atoms with Crippen LogP contribution >= 0.6 is 0 Å². The van der Waals surface area contributed by atoms with Crippen LogP contribution in [0.25, 0.3) is 0 Å². The number of likely N-dealkylation sites (N-methyl/N-ethyl adjacent to an activating group) is 1. The van der Waals surface area contributed by atoms with Crippen molar-refractivity contribution >= 4 is 6.29 Å². The van der Waals surface area contributed by atoms with Crippen LogP contribution in [-0.4, -0.2) is 73.3 Å². The van der Waals surface area contributed by atoms with Crippen molar-refractivity contribution in [2.24, 2.45) is 11.3 Å². The summed E-state index contributed by atoms with van der Waals surface area (Å²) >= 11 is 0. The van der Waals surface area contributed by atoms with Crippen molar-refractivity contribution in [1.82, 2.24) is 14.7 Å². The summed E-state index contributed by atoms with van der Waals surface area (Å²) in [4.78, 5) is 17.8. The minimum Gasteiger partial charge on any atom is -0.376 e. The average molecular weight is 534 g/mol. The molecule has 3 rings (SSSR count). The standard InChI is InChI=1S/C25H38N2.C10H17NO/c1-7-8-9-11-14-21(2)23(22-15-12-10-13-16-22)19-27-18-17-26(6)24(20-27)25(3,4)5;1-9(2)11-6-3-10(4-7-11)5-8-12/h7-16,23-24H,17-20H2,1-6H3;8,10H,1,3-7H2,2H3/b8-7-,11-9-,21-14+;. The number of likely N-dealkylation sites (tertiary alicyclic amines) is 1. The zero-order valence-corrected chi connectivity index (χ0v) is 25.9. The fourth-order valence-corrected chi connectivity index (χ4v) is 5.67. The minimum absolute atomic E-state index is 0.301. The number of carbonyl (C=O) groups is 1. The third-order valence-electron chi connectivity index (χ3n) is 8.28. The Morgan fingerprint density at radius 3 is 2.26 bits per heavy atom. The first-order valence-corrected chi connectivity index (χ1v) is 14.8. The van der Waals surface area contributed by atoms with Crippen molar-refractivity contribution in [1.29, 1.82) is 0 Å². The summed E-state index contributed by atoms with van der Waals surface area (Å²) in [5, 5.41) is 0. The number of aldehydes is 1. The van der Waals surface area contributed by atoms with Gasteiger partial charge in [-0.1, -0.05) is 93.6 Å². The van der Waals surface area contributed by atoms with Gasteiger partial charge in [0.05, 0.1) is 0 Å². The Labute approximate surface area is 240 Å². The summed E-state index contributed by atoms with van der Waals surface area (Å²) < 4.78 is 0. The summed E-state index contributed by atoms with van der Waals surface area (Å²) in [6.45, 7) is 24.0. The molecule has 2 heterocycles. The SMILES string of the molecule is C=C(C)N1CCC(CC=O)CC1.C\C=C/C=C\C=C(/C)C(CN1CCN(C)C(C(C)(C)C)C1)c1ccccc1. The van der Waals surface area contributed by atoms with Gasteiger partial charge in [-0.15, -0.1) is 0 Å². The Bertz CT molecular complexity index is 948. The highest BCUT2D eigenvalue weighted by Gasteiger charge is 2.34. The van der Waals surface area contributed by atoms with E-state index in [0.717, 1.165) is 70.5 Å². The maximum absolute atomic E-state index is 10.3. The number of allylic oxidation sites excluding steroid dienone is 6. The van der Waals surface area contributed by atoms with Gasteiger partial charge in [-0.05, 0) is 57.6 Å². The number of carbonyl (C=O) groups excluding carboxylic acids is 1. The van der Waals surface area contributed by atoms with Gasteiger partial charge in [0.15, 0.2) is 0 Å². The van der Waals surface area contributed by atoms with E-state index in [1.165, 1.54) is 11.1 Å². The second kappa shape index (κ2) is 16.6. The third kappa shape index (κ3) is 11.3. The fourth-order valence-electron chi connectivity index (χ4n) is 5.67. The lowest BCUT2D eigenvalue weighted by molar-refractivity contribution is -0.108. The maximum Gasteiger partial charge on any atom is 0.120 e. The summed E-state index contributed by atoms with van der Waals surface area (Å²) in [6, 6.07) is 11.6. The highest BCUT2D eigenvalue weighted by molar-refractivity contribution is 5.49. The highest BCUT2D eigenvalue weighted by Crippen LogP contribution is 2.30. The molecule has 0 saturated carbocycles. The van der Waals surface area contributed by atoms with Gasteiger partial charge >= 0.3 is 0 Å². The molecule has 0 radical (unpaired) electrons. The molecule has 4 nitrogen and oxygen atoms in total. The predicted octanol–water partition coefficient (Wildman–Crippen LogP) is 7.33. The molecule has 1 aromatic rings. The van der Waals surface area contributed by atoms with Gasteiger partial charge in [-0.3, -0.25) is 4.90 Å². The van der Waals surface area contributed by atoms with E-state index >= 15 is 0 Å². The summed E-state index contributed by atoms with van der Waals surface area (Å²) in [5.41, 5.74) is 4.29. The van der Waals surface area contributed by atoms with E-state index in [2.05, 4.69) is 117 Å². The van der Waals surface area contributed by atoms with Crippen LogP contribution in [0.3, 0.4) is 0 Å². The molecule has 2 saturated heterocycles. The summed E-state index contributed by atoms with van der Waals surface area (Å²) in [5.74, 6) is 1.06. The molecule has 1 aromatic carbocycles. The Balaban J connectivity index is 0.000000370. The van der Waals surface area contributed by atoms with Crippen LogP contribution in [0.15, 0.2) is 78.6 Å². The zero-order valence-electron chi connectivity index (χ0n) is 25.9. The lowest BCUT2D eigenvalue weighted by Gasteiger charge is -2.46. The van der Waals surface area contributed by atoms with Gasteiger partial charge in [-0.2, -0.15) is 0 Å². The van der Waals surface area contributed by atoms with Crippen molar-refractivity contribution in [2.45, 2.75) is 72.8 Å². The molecule has 2 atom stereocenters. The second-order valence-corrected chi connectivity index (χ2v) is 12.5. The molecule has 0 aromatic heterocycles. The van der Waals surface area contributed by atoms with Crippen LogP contribution < -0.4 is 0 Å². The number of hydrogen-bond donors (Lipinski definition) is 0. The van der Waals surface area contributed by atoms with E-state index < -0.39 is 0 Å². The lowest BCUT2D eigenvalue weighted by Crippen LogP contribution is -2.56. The molecule has 0 spiro atoms. The normalized spacial score (nSPS) is 21.2. The highest BCUT2D eigenvalue weighted by atomic mass is 16.1. The largest absolute Gasteiger partial charge is 0.376 e. The first-order chi connectivity index (χ1) is 18.6. The molecule has 2 aliphatic rings. The van der Waals surface area contributed by atoms with Crippen molar-refractivity contribution in [3.63, 3.8) is 0 Å². The van der Waals surface area contributed by atoms with E-state index in [9.17, 15) is 4.79 Å². The van der Waals surface area contributed by atoms with Gasteiger partial charge < -0.3 is 14.6 Å². The molecule has 216 valence electrons. The Hall–Kier alpha value is -2.43. The van der Waals surface area contributed by atoms with Crippen molar-refractivity contribution in [2.75, 3.05) is 46.3 Å². The van der Waals surface area contributed by atoms with E-state index in [0.29, 0.717) is 23.3 Å². The first-order valence-electron chi connectivity index (χ1n) is 14.8. The van der Waals surface area contributed by atoms with Gasteiger partial charge in [0.2, 0.25) is 0 Å². The molecule has 2 fully saturated rings. The molecule has 2 aliphatic heterocycles. The van der Waals surface area contributed by atoms with Crippen LogP contribution in [0.1, 0.15) is 72.3 Å². The Morgan fingerprint density at radius 1 is 1.03 bits per heavy atom.